The Morgan fingerprint density at radius 2 is 1.95 bits per heavy atom. The van der Waals surface area contributed by atoms with Crippen LogP contribution in [0.5, 0.6) is 0 Å². The van der Waals surface area contributed by atoms with Crippen molar-refractivity contribution in [1.82, 2.24) is 0 Å². The molecule has 1 nitrogen and oxygen atoms in total. The smallest absolute Gasteiger partial charge is 0.142 e. The zero-order chi connectivity index (χ0) is 14.0. The molecule has 1 N–H and O–H groups in total. The maximum atomic E-state index is 13.4. The molecule has 1 atom stereocenters. The molecular formula is C15H14BrClFN. The molecule has 2 rings (SSSR count). The van der Waals surface area contributed by atoms with Crippen molar-refractivity contribution >= 4 is 33.2 Å². The molecule has 0 fully saturated rings. The summed E-state index contributed by atoms with van der Waals surface area (Å²) >= 11 is 9.20. The molecule has 1 unspecified atom stereocenters. The molecule has 0 radical (unpaired) electrons. The van der Waals surface area contributed by atoms with Gasteiger partial charge in [-0.05, 0) is 65.2 Å². The van der Waals surface area contributed by atoms with E-state index in [-0.39, 0.29) is 11.1 Å². The number of hydrogen-bond donors (Lipinski definition) is 1. The van der Waals surface area contributed by atoms with Gasteiger partial charge in [-0.25, -0.2) is 4.39 Å². The predicted octanol–water partition coefficient (Wildman–Crippen LogP) is 5.72. The lowest BCUT2D eigenvalue weighted by molar-refractivity contribution is 0.624. The topological polar surface area (TPSA) is 12.0 Å². The van der Waals surface area contributed by atoms with Crippen molar-refractivity contribution in [1.29, 1.82) is 0 Å². The Bertz CT molecular complexity index is 601. The number of hydrogen-bond acceptors (Lipinski definition) is 1. The van der Waals surface area contributed by atoms with Crippen LogP contribution in [0.1, 0.15) is 24.1 Å². The number of nitrogens with one attached hydrogen (secondary N) is 1. The van der Waals surface area contributed by atoms with Gasteiger partial charge in [0.25, 0.3) is 0 Å². The van der Waals surface area contributed by atoms with E-state index in [2.05, 4.69) is 21.2 Å². The van der Waals surface area contributed by atoms with Gasteiger partial charge < -0.3 is 5.32 Å². The second-order valence-electron chi connectivity index (χ2n) is 4.52. The van der Waals surface area contributed by atoms with Crippen molar-refractivity contribution in [2.75, 3.05) is 5.32 Å². The van der Waals surface area contributed by atoms with Crippen LogP contribution in [0.25, 0.3) is 0 Å². The molecule has 0 aliphatic heterocycles. The highest BCUT2D eigenvalue weighted by Crippen LogP contribution is 2.28. The van der Waals surface area contributed by atoms with Crippen molar-refractivity contribution < 1.29 is 4.39 Å². The van der Waals surface area contributed by atoms with Crippen LogP contribution in [-0.2, 0) is 0 Å². The lowest BCUT2D eigenvalue weighted by atomic mass is 10.1. The maximum absolute atomic E-state index is 13.4. The lowest BCUT2D eigenvalue weighted by Crippen LogP contribution is -2.07. The van der Waals surface area contributed by atoms with Crippen LogP contribution in [0.4, 0.5) is 10.1 Å². The fourth-order valence-corrected chi connectivity index (χ4v) is 2.56. The summed E-state index contributed by atoms with van der Waals surface area (Å²) < 4.78 is 14.4. The van der Waals surface area contributed by atoms with Gasteiger partial charge in [0.1, 0.15) is 5.82 Å². The third kappa shape index (κ3) is 3.48. The lowest BCUT2D eigenvalue weighted by Gasteiger charge is -2.17. The average Bonchev–Trinajstić information content (AvgIpc) is 2.36. The molecule has 0 aliphatic carbocycles. The third-order valence-electron chi connectivity index (χ3n) is 2.94. The Morgan fingerprint density at radius 1 is 1.21 bits per heavy atom. The first kappa shape index (κ1) is 14.4. The Labute approximate surface area is 125 Å². The molecule has 100 valence electrons. The Balaban J connectivity index is 2.20. The summed E-state index contributed by atoms with van der Waals surface area (Å²) in [5, 5.41) is 3.49. The number of rotatable bonds is 3. The van der Waals surface area contributed by atoms with E-state index >= 15 is 0 Å². The molecule has 4 heteroatoms. The summed E-state index contributed by atoms with van der Waals surface area (Å²) in [5.74, 6) is -0.393. The van der Waals surface area contributed by atoms with Gasteiger partial charge in [0.2, 0.25) is 0 Å². The molecule has 0 spiro atoms. The number of halogens is 3. The normalized spacial score (nSPS) is 12.3. The second kappa shape index (κ2) is 5.93. The van der Waals surface area contributed by atoms with Crippen LogP contribution < -0.4 is 5.32 Å². The van der Waals surface area contributed by atoms with Crippen molar-refractivity contribution in [2.45, 2.75) is 19.9 Å². The summed E-state index contributed by atoms with van der Waals surface area (Å²) in [5.41, 5.74) is 3.02. The molecule has 0 aliphatic rings. The van der Waals surface area contributed by atoms with Crippen molar-refractivity contribution in [2.24, 2.45) is 0 Å². The van der Waals surface area contributed by atoms with Gasteiger partial charge in [-0.2, -0.15) is 0 Å². The molecule has 19 heavy (non-hydrogen) atoms. The van der Waals surface area contributed by atoms with Crippen molar-refractivity contribution in [3.05, 3.63) is 62.8 Å². The van der Waals surface area contributed by atoms with Crippen LogP contribution in [-0.4, -0.2) is 0 Å². The second-order valence-corrected chi connectivity index (χ2v) is 5.78. The molecule has 2 aromatic carbocycles. The molecule has 2 aromatic rings. The average molecular weight is 343 g/mol. The first-order valence-corrected chi connectivity index (χ1v) is 7.12. The monoisotopic (exact) mass is 341 g/mol. The molecule has 0 saturated heterocycles. The first-order chi connectivity index (χ1) is 8.97. The number of aryl methyl sites for hydroxylation is 1. The van der Waals surface area contributed by atoms with Crippen LogP contribution >= 0.6 is 27.5 Å². The largest absolute Gasteiger partial charge is 0.378 e. The van der Waals surface area contributed by atoms with E-state index in [0.29, 0.717) is 0 Å². The van der Waals surface area contributed by atoms with E-state index in [0.717, 1.165) is 15.7 Å². The zero-order valence-electron chi connectivity index (χ0n) is 10.7. The summed E-state index contributed by atoms with van der Waals surface area (Å²) in [6, 6.07) is 10.9. The van der Waals surface area contributed by atoms with Crippen molar-refractivity contribution in [3.8, 4) is 0 Å². The number of benzene rings is 2. The minimum Gasteiger partial charge on any atom is -0.378 e. The van der Waals surface area contributed by atoms with Gasteiger partial charge in [0, 0.05) is 16.2 Å². The van der Waals surface area contributed by atoms with E-state index in [1.807, 2.05) is 38.1 Å². The predicted molar refractivity (Wildman–Crippen MR) is 82.3 cm³/mol. The molecule has 0 saturated carbocycles. The highest BCUT2D eigenvalue weighted by atomic mass is 79.9. The molecular weight excluding hydrogens is 329 g/mol. The quantitative estimate of drug-likeness (QED) is 0.752. The maximum Gasteiger partial charge on any atom is 0.142 e. The third-order valence-corrected chi connectivity index (χ3v) is 3.90. The van der Waals surface area contributed by atoms with E-state index < -0.39 is 5.82 Å². The van der Waals surface area contributed by atoms with Crippen LogP contribution in [0.15, 0.2) is 40.9 Å². The fourth-order valence-electron chi connectivity index (χ4n) is 1.84. The fraction of sp³-hybridized carbons (Fsp3) is 0.200. The van der Waals surface area contributed by atoms with E-state index in [4.69, 9.17) is 11.6 Å². The molecule has 0 bridgehead atoms. The van der Waals surface area contributed by atoms with Gasteiger partial charge in [0.15, 0.2) is 0 Å². The summed E-state index contributed by atoms with van der Waals surface area (Å²) in [4.78, 5) is 0. The summed E-state index contributed by atoms with van der Waals surface area (Å²) in [6.45, 7) is 4.02. The van der Waals surface area contributed by atoms with Crippen molar-refractivity contribution in [3.63, 3.8) is 0 Å². The van der Waals surface area contributed by atoms with Crippen LogP contribution in [0.3, 0.4) is 0 Å². The highest BCUT2D eigenvalue weighted by Gasteiger charge is 2.10. The minimum atomic E-state index is -0.393. The van der Waals surface area contributed by atoms with Crippen LogP contribution in [0, 0.1) is 12.7 Å². The van der Waals surface area contributed by atoms with Gasteiger partial charge in [-0.1, -0.05) is 23.7 Å². The van der Waals surface area contributed by atoms with E-state index in [1.165, 1.54) is 11.6 Å². The Hall–Kier alpha value is -1.06. The van der Waals surface area contributed by atoms with E-state index in [1.54, 1.807) is 6.07 Å². The molecule has 0 heterocycles. The zero-order valence-corrected chi connectivity index (χ0v) is 13.0. The number of anilines is 1. The Kier molecular flexibility index (Phi) is 4.48. The SMILES string of the molecule is Cc1ccc(NC(C)c2ccc(Cl)c(F)c2)c(Br)c1. The standard InChI is InChI=1S/C15H14BrClFN/c1-9-3-6-15(12(16)7-9)19-10(2)11-4-5-13(17)14(18)8-11/h3-8,10,19H,1-2H3. The molecule has 0 amide bonds. The van der Waals surface area contributed by atoms with Gasteiger partial charge in [-0.3, -0.25) is 0 Å². The minimum absolute atomic E-state index is 0.00854. The van der Waals surface area contributed by atoms with E-state index in [9.17, 15) is 4.39 Å². The first-order valence-electron chi connectivity index (χ1n) is 5.95. The highest BCUT2D eigenvalue weighted by molar-refractivity contribution is 9.10. The summed E-state index contributed by atoms with van der Waals surface area (Å²) in [6.07, 6.45) is 0. The van der Waals surface area contributed by atoms with Crippen LogP contribution in [0.2, 0.25) is 5.02 Å². The van der Waals surface area contributed by atoms with Gasteiger partial charge in [-0.15, -0.1) is 0 Å². The Morgan fingerprint density at radius 3 is 2.58 bits per heavy atom. The van der Waals surface area contributed by atoms with Gasteiger partial charge in [0.05, 0.1) is 5.02 Å². The molecule has 0 aromatic heterocycles. The van der Waals surface area contributed by atoms with Gasteiger partial charge >= 0.3 is 0 Å². The summed E-state index contributed by atoms with van der Waals surface area (Å²) in [7, 11) is 0.